The number of carbonyl (C=O) groups is 1. The van der Waals surface area contributed by atoms with Crippen molar-refractivity contribution in [2.24, 2.45) is 11.1 Å². The molecule has 20 heavy (non-hydrogen) atoms. The molecule has 0 aliphatic carbocycles. The van der Waals surface area contributed by atoms with Gasteiger partial charge >= 0.3 is 0 Å². The number of thiazole rings is 1. The van der Waals surface area contributed by atoms with E-state index in [0.717, 1.165) is 5.69 Å². The van der Waals surface area contributed by atoms with Crippen LogP contribution in [0.1, 0.15) is 32.9 Å². The number of hydrogen-bond acceptors (Lipinski definition) is 5. The Labute approximate surface area is 123 Å². The summed E-state index contributed by atoms with van der Waals surface area (Å²) in [6.45, 7) is 6.54. The first-order chi connectivity index (χ1) is 9.06. The summed E-state index contributed by atoms with van der Waals surface area (Å²) in [7, 11) is -3.55. The number of sulfonamides is 1. The summed E-state index contributed by atoms with van der Waals surface area (Å²) in [5.74, 6) is -0.500. The van der Waals surface area contributed by atoms with Gasteiger partial charge in [-0.25, -0.2) is 18.5 Å². The molecule has 0 aromatic carbocycles. The second-order valence-electron chi connectivity index (χ2n) is 6.17. The molecule has 1 atom stereocenters. The van der Waals surface area contributed by atoms with Crippen molar-refractivity contribution in [2.45, 2.75) is 32.6 Å². The maximum atomic E-state index is 12.0. The zero-order valence-electron chi connectivity index (χ0n) is 11.8. The predicted molar refractivity (Wildman–Crippen MR) is 79.2 cm³/mol. The standard InChI is InChI=1S/C12H19N3O3S2/c1-12(2,3)9-6-19-11(14-9)15-5-8(4-10(15)16)7-20(13,17)18/h6,8H,4-5,7H2,1-3H3,(H2,13,17,18). The van der Waals surface area contributed by atoms with Gasteiger partial charge in [0.2, 0.25) is 15.9 Å². The van der Waals surface area contributed by atoms with Gasteiger partial charge in [-0.2, -0.15) is 0 Å². The Morgan fingerprint density at radius 2 is 2.15 bits per heavy atom. The molecule has 0 saturated carbocycles. The molecule has 112 valence electrons. The third-order valence-electron chi connectivity index (χ3n) is 3.16. The number of aromatic nitrogens is 1. The lowest BCUT2D eigenvalue weighted by Crippen LogP contribution is -2.27. The molecular weight excluding hydrogens is 298 g/mol. The zero-order chi connectivity index (χ0) is 15.1. The fourth-order valence-electron chi connectivity index (χ4n) is 2.14. The Bertz CT molecular complexity index is 616. The summed E-state index contributed by atoms with van der Waals surface area (Å²) in [6.07, 6.45) is 0.209. The molecule has 0 bridgehead atoms. The van der Waals surface area contributed by atoms with Crippen LogP contribution in [0.15, 0.2) is 5.38 Å². The summed E-state index contributed by atoms with van der Waals surface area (Å²) in [5, 5.41) is 7.61. The van der Waals surface area contributed by atoms with E-state index in [0.29, 0.717) is 11.7 Å². The fraction of sp³-hybridized carbons (Fsp3) is 0.667. The van der Waals surface area contributed by atoms with E-state index < -0.39 is 10.0 Å². The van der Waals surface area contributed by atoms with Crippen molar-refractivity contribution < 1.29 is 13.2 Å². The van der Waals surface area contributed by atoms with Gasteiger partial charge in [0.25, 0.3) is 0 Å². The number of amides is 1. The molecule has 1 saturated heterocycles. The van der Waals surface area contributed by atoms with Gasteiger partial charge in [0.05, 0.1) is 11.4 Å². The lowest BCUT2D eigenvalue weighted by Gasteiger charge is -2.16. The Morgan fingerprint density at radius 1 is 1.50 bits per heavy atom. The number of primary sulfonamides is 1. The predicted octanol–water partition coefficient (Wildman–Crippen LogP) is 1.08. The quantitative estimate of drug-likeness (QED) is 0.902. The highest BCUT2D eigenvalue weighted by molar-refractivity contribution is 7.89. The molecule has 1 aliphatic heterocycles. The van der Waals surface area contributed by atoms with E-state index in [9.17, 15) is 13.2 Å². The van der Waals surface area contributed by atoms with Crippen LogP contribution in [0.4, 0.5) is 5.13 Å². The van der Waals surface area contributed by atoms with Crippen LogP contribution in [0.2, 0.25) is 0 Å². The maximum Gasteiger partial charge on any atom is 0.229 e. The average molecular weight is 317 g/mol. The first-order valence-corrected chi connectivity index (χ1v) is 8.92. The molecule has 0 spiro atoms. The van der Waals surface area contributed by atoms with Gasteiger partial charge in [-0.05, 0) is 0 Å². The summed E-state index contributed by atoms with van der Waals surface area (Å²) < 4.78 is 22.2. The van der Waals surface area contributed by atoms with Gasteiger partial charge < -0.3 is 0 Å². The fourth-order valence-corrected chi connectivity index (χ4v) is 4.10. The van der Waals surface area contributed by atoms with Crippen molar-refractivity contribution >= 4 is 32.4 Å². The second kappa shape index (κ2) is 5.09. The average Bonchev–Trinajstić information content (AvgIpc) is 2.81. The molecule has 1 unspecified atom stereocenters. The molecule has 1 aromatic rings. The highest BCUT2D eigenvalue weighted by Gasteiger charge is 2.34. The van der Waals surface area contributed by atoms with Crippen molar-refractivity contribution in [3.63, 3.8) is 0 Å². The van der Waals surface area contributed by atoms with Crippen molar-refractivity contribution in [1.29, 1.82) is 0 Å². The monoisotopic (exact) mass is 317 g/mol. The zero-order valence-corrected chi connectivity index (χ0v) is 13.4. The van der Waals surface area contributed by atoms with Gasteiger partial charge in [-0.3, -0.25) is 9.69 Å². The van der Waals surface area contributed by atoms with Gasteiger partial charge in [0.1, 0.15) is 0 Å². The van der Waals surface area contributed by atoms with E-state index in [-0.39, 0.29) is 29.4 Å². The summed E-state index contributed by atoms with van der Waals surface area (Å²) >= 11 is 1.41. The van der Waals surface area contributed by atoms with Crippen molar-refractivity contribution in [3.05, 3.63) is 11.1 Å². The van der Waals surface area contributed by atoms with E-state index in [1.54, 1.807) is 4.90 Å². The minimum Gasteiger partial charge on any atom is -0.288 e. The molecular formula is C12H19N3O3S2. The second-order valence-corrected chi connectivity index (χ2v) is 8.66. The Morgan fingerprint density at radius 3 is 2.65 bits per heavy atom. The number of nitrogens with two attached hydrogens (primary N) is 1. The molecule has 0 radical (unpaired) electrons. The van der Waals surface area contributed by atoms with Gasteiger partial charge in [0, 0.05) is 29.7 Å². The highest BCUT2D eigenvalue weighted by Crippen LogP contribution is 2.32. The van der Waals surface area contributed by atoms with Crippen LogP contribution in [0.3, 0.4) is 0 Å². The molecule has 1 aliphatic rings. The van der Waals surface area contributed by atoms with Gasteiger partial charge in [0.15, 0.2) is 5.13 Å². The molecule has 8 heteroatoms. The number of carbonyl (C=O) groups excluding carboxylic acids is 1. The van der Waals surface area contributed by atoms with E-state index in [1.165, 1.54) is 11.3 Å². The smallest absolute Gasteiger partial charge is 0.229 e. The first kappa shape index (κ1) is 15.4. The summed E-state index contributed by atoms with van der Waals surface area (Å²) in [4.78, 5) is 18.0. The molecule has 1 amide bonds. The summed E-state index contributed by atoms with van der Waals surface area (Å²) in [5.41, 5.74) is 0.859. The Kier molecular flexibility index (Phi) is 3.92. The molecule has 2 N–H and O–H groups in total. The number of nitrogens with zero attached hydrogens (tertiary/aromatic N) is 2. The number of rotatable bonds is 3. The van der Waals surface area contributed by atoms with E-state index in [4.69, 9.17) is 5.14 Å². The van der Waals surface area contributed by atoms with Crippen LogP contribution in [-0.2, 0) is 20.2 Å². The minimum absolute atomic E-state index is 0.0719. The number of hydrogen-bond donors (Lipinski definition) is 1. The molecule has 2 heterocycles. The lowest BCUT2D eigenvalue weighted by molar-refractivity contribution is -0.117. The lowest BCUT2D eigenvalue weighted by atomic mass is 9.93. The third kappa shape index (κ3) is 3.56. The van der Waals surface area contributed by atoms with Crippen LogP contribution in [-0.4, -0.2) is 31.6 Å². The van der Waals surface area contributed by atoms with Gasteiger partial charge in [-0.1, -0.05) is 20.8 Å². The van der Waals surface area contributed by atoms with E-state index >= 15 is 0 Å². The van der Waals surface area contributed by atoms with Crippen LogP contribution in [0.5, 0.6) is 0 Å². The molecule has 1 aromatic heterocycles. The van der Waals surface area contributed by atoms with Crippen molar-refractivity contribution in [3.8, 4) is 0 Å². The maximum absolute atomic E-state index is 12.0. The van der Waals surface area contributed by atoms with E-state index in [1.807, 2.05) is 5.38 Å². The van der Waals surface area contributed by atoms with Crippen LogP contribution < -0.4 is 10.0 Å². The minimum atomic E-state index is -3.55. The van der Waals surface area contributed by atoms with Crippen LogP contribution in [0.25, 0.3) is 0 Å². The Hall–Kier alpha value is -0.990. The summed E-state index contributed by atoms with van der Waals surface area (Å²) in [6, 6.07) is 0. The van der Waals surface area contributed by atoms with E-state index in [2.05, 4.69) is 25.8 Å². The SMILES string of the molecule is CC(C)(C)c1csc(N2CC(CS(N)(=O)=O)CC2=O)n1. The highest BCUT2D eigenvalue weighted by atomic mass is 32.2. The normalized spacial score (nSPS) is 20.7. The first-order valence-electron chi connectivity index (χ1n) is 6.33. The Balaban J connectivity index is 2.14. The molecule has 1 fully saturated rings. The largest absolute Gasteiger partial charge is 0.288 e. The van der Waals surface area contributed by atoms with Crippen LogP contribution in [0, 0.1) is 5.92 Å². The molecule has 6 nitrogen and oxygen atoms in total. The number of anilines is 1. The molecule has 2 rings (SSSR count). The third-order valence-corrected chi connectivity index (χ3v) is 4.96. The topological polar surface area (TPSA) is 93.4 Å². The van der Waals surface area contributed by atoms with Gasteiger partial charge in [-0.15, -0.1) is 11.3 Å². The van der Waals surface area contributed by atoms with Crippen molar-refractivity contribution in [1.82, 2.24) is 4.98 Å². The van der Waals surface area contributed by atoms with Crippen LogP contribution >= 0.6 is 11.3 Å². The van der Waals surface area contributed by atoms with Crippen molar-refractivity contribution in [2.75, 3.05) is 17.2 Å².